The van der Waals surface area contributed by atoms with Crippen LogP contribution in [0.3, 0.4) is 0 Å². The molecular weight excluding hydrogens is 322 g/mol. The predicted molar refractivity (Wildman–Crippen MR) is 78.4 cm³/mol. The Labute approximate surface area is 122 Å². The van der Waals surface area contributed by atoms with Gasteiger partial charge in [-0.15, -0.1) is 11.3 Å². The minimum Gasteiger partial charge on any atom is -0.395 e. The fourth-order valence-corrected chi connectivity index (χ4v) is 5.13. The summed E-state index contributed by atoms with van der Waals surface area (Å²) in [5.41, 5.74) is 0. The molecule has 0 amide bonds. The summed E-state index contributed by atoms with van der Waals surface area (Å²) in [5.74, 6) is 5.60. The number of thiophene rings is 1. The van der Waals surface area contributed by atoms with Gasteiger partial charge in [-0.3, -0.25) is 0 Å². The molecule has 1 aromatic heterocycles. The van der Waals surface area contributed by atoms with E-state index >= 15 is 0 Å². The Kier molecular flexibility index (Phi) is 6.16. The van der Waals surface area contributed by atoms with E-state index < -0.39 is 24.9 Å². The molecule has 0 radical (unpaired) electrons. The molecule has 0 aliphatic heterocycles. The standard InChI is InChI=1S/C11H15NO5S3/c1-19(14,15)9-20(16,17)12-8-11-6-5-10(18-11)4-2-3-7-13/h5-6,12-13H,3,7-9H2,1H3. The smallest absolute Gasteiger partial charge is 0.226 e. The molecule has 0 fully saturated rings. The van der Waals surface area contributed by atoms with Crippen LogP contribution in [0.15, 0.2) is 12.1 Å². The fraction of sp³-hybridized carbons (Fsp3) is 0.455. The van der Waals surface area contributed by atoms with Crippen LogP contribution in [0.2, 0.25) is 0 Å². The number of hydrogen-bond donors (Lipinski definition) is 2. The maximum absolute atomic E-state index is 11.5. The topological polar surface area (TPSA) is 101 Å². The van der Waals surface area contributed by atoms with Crippen molar-refractivity contribution in [1.29, 1.82) is 0 Å². The van der Waals surface area contributed by atoms with Crippen LogP contribution < -0.4 is 4.72 Å². The maximum atomic E-state index is 11.5. The normalized spacial score (nSPS) is 11.9. The Bertz CT molecular complexity index is 707. The van der Waals surface area contributed by atoms with Gasteiger partial charge in [-0.05, 0) is 12.1 Å². The number of hydrogen-bond acceptors (Lipinski definition) is 6. The van der Waals surface area contributed by atoms with Crippen LogP contribution in [0.4, 0.5) is 0 Å². The van der Waals surface area contributed by atoms with E-state index in [2.05, 4.69) is 16.6 Å². The van der Waals surface area contributed by atoms with E-state index in [0.717, 1.165) is 16.0 Å². The van der Waals surface area contributed by atoms with Gasteiger partial charge in [-0.25, -0.2) is 21.6 Å². The lowest BCUT2D eigenvalue weighted by Crippen LogP contribution is -2.29. The van der Waals surface area contributed by atoms with Crippen LogP contribution in [-0.2, 0) is 26.4 Å². The van der Waals surface area contributed by atoms with Gasteiger partial charge < -0.3 is 5.11 Å². The van der Waals surface area contributed by atoms with Gasteiger partial charge >= 0.3 is 0 Å². The van der Waals surface area contributed by atoms with Crippen molar-refractivity contribution >= 4 is 31.2 Å². The molecule has 0 saturated heterocycles. The molecule has 0 aliphatic rings. The zero-order valence-electron chi connectivity index (χ0n) is 10.8. The van der Waals surface area contributed by atoms with Crippen molar-refractivity contribution in [2.45, 2.75) is 13.0 Å². The molecule has 20 heavy (non-hydrogen) atoms. The quantitative estimate of drug-likeness (QED) is 0.706. The number of sulfonamides is 1. The fourth-order valence-electron chi connectivity index (χ4n) is 1.25. The molecule has 0 aliphatic carbocycles. The summed E-state index contributed by atoms with van der Waals surface area (Å²) in [7, 11) is -7.44. The van der Waals surface area contributed by atoms with E-state index in [0.29, 0.717) is 6.42 Å². The van der Waals surface area contributed by atoms with Gasteiger partial charge in [0.1, 0.15) is 0 Å². The second kappa shape index (κ2) is 7.19. The number of nitrogens with one attached hydrogen (secondary N) is 1. The van der Waals surface area contributed by atoms with Crippen LogP contribution >= 0.6 is 11.3 Å². The van der Waals surface area contributed by atoms with Gasteiger partial charge in [-0.1, -0.05) is 11.8 Å². The van der Waals surface area contributed by atoms with Crippen LogP contribution in [0.1, 0.15) is 16.2 Å². The van der Waals surface area contributed by atoms with Gasteiger partial charge in [0.25, 0.3) is 0 Å². The molecule has 112 valence electrons. The molecule has 1 aromatic rings. The van der Waals surface area contributed by atoms with Gasteiger partial charge in [-0.2, -0.15) is 0 Å². The van der Waals surface area contributed by atoms with E-state index in [1.807, 2.05) is 0 Å². The van der Waals surface area contributed by atoms with E-state index in [4.69, 9.17) is 5.11 Å². The highest BCUT2D eigenvalue weighted by atomic mass is 32.3. The summed E-state index contributed by atoms with van der Waals surface area (Å²) in [4.78, 5) is 1.49. The summed E-state index contributed by atoms with van der Waals surface area (Å²) >= 11 is 1.31. The van der Waals surface area contributed by atoms with Gasteiger partial charge in [0.05, 0.1) is 11.5 Å². The minimum absolute atomic E-state index is 0.00345. The average Bonchev–Trinajstić information content (AvgIpc) is 2.72. The zero-order chi connectivity index (χ0) is 15.2. The molecule has 2 N–H and O–H groups in total. The Morgan fingerprint density at radius 3 is 2.60 bits per heavy atom. The van der Waals surface area contributed by atoms with Crippen molar-refractivity contribution < 1.29 is 21.9 Å². The lowest BCUT2D eigenvalue weighted by molar-refractivity contribution is 0.305. The summed E-state index contributed by atoms with van der Waals surface area (Å²) in [6.45, 7) is 0.0285. The molecule has 6 nitrogen and oxygen atoms in total. The molecule has 1 heterocycles. The van der Waals surface area contributed by atoms with E-state index in [1.54, 1.807) is 12.1 Å². The maximum Gasteiger partial charge on any atom is 0.226 e. The van der Waals surface area contributed by atoms with E-state index in [9.17, 15) is 16.8 Å². The molecule has 0 bridgehead atoms. The van der Waals surface area contributed by atoms with Crippen molar-refractivity contribution in [1.82, 2.24) is 4.72 Å². The van der Waals surface area contributed by atoms with Crippen LogP contribution in [-0.4, -0.2) is 39.9 Å². The molecule has 1 rings (SSSR count). The molecule has 0 spiro atoms. The Balaban J connectivity index is 2.61. The first-order valence-electron chi connectivity index (χ1n) is 5.55. The van der Waals surface area contributed by atoms with Crippen molar-refractivity contribution in [3.63, 3.8) is 0 Å². The third-order valence-corrected chi connectivity index (χ3v) is 6.48. The molecule has 0 unspecified atom stereocenters. The van der Waals surface area contributed by atoms with Crippen molar-refractivity contribution in [2.24, 2.45) is 0 Å². The molecule has 0 atom stereocenters. The van der Waals surface area contributed by atoms with Crippen LogP contribution in [0.5, 0.6) is 0 Å². The predicted octanol–water partition coefficient (Wildman–Crippen LogP) is -0.0965. The van der Waals surface area contributed by atoms with Crippen LogP contribution in [0.25, 0.3) is 0 Å². The Hall–Kier alpha value is -0.920. The first kappa shape index (κ1) is 17.1. The Morgan fingerprint density at radius 1 is 1.30 bits per heavy atom. The second-order valence-corrected chi connectivity index (χ2v) is 9.50. The van der Waals surface area contributed by atoms with Crippen molar-refractivity contribution in [3.8, 4) is 11.8 Å². The molecular formula is C11H15NO5S3. The van der Waals surface area contributed by atoms with E-state index in [-0.39, 0.29) is 13.2 Å². The largest absolute Gasteiger partial charge is 0.395 e. The highest BCUT2D eigenvalue weighted by Gasteiger charge is 2.17. The first-order chi connectivity index (χ1) is 9.22. The van der Waals surface area contributed by atoms with Gasteiger partial charge in [0, 0.05) is 24.1 Å². The van der Waals surface area contributed by atoms with Gasteiger partial charge in [0.2, 0.25) is 10.0 Å². The highest BCUT2D eigenvalue weighted by molar-refractivity contribution is 8.06. The van der Waals surface area contributed by atoms with Crippen molar-refractivity contribution in [2.75, 3.05) is 17.9 Å². The number of rotatable bonds is 6. The Morgan fingerprint density at radius 2 is 2.00 bits per heavy atom. The SMILES string of the molecule is CS(=O)(=O)CS(=O)(=O)NCc1ccc(C#CCCO)s1. The highest BCUT2D eigenvalue weighted by Crippen LogP contribution is 2.15. The minimum atomic E-state index is -3.85. The third kappa shape index (κ3) is 7.02. The van der Waals surface area contributed by atoms with Gasteiger partial charge in [0.15, 0.2) is 14.9 Å². The monoisotopic (exact) mass is 337 g/mol. The number of sulfone groups is 1. The second-order valence-electron chi connectivity index (χ2n) is 4.02. The first-order valence-corrected chi connectivity index (χ1v) is 10.1. The number of aliphatic hydroxyl groups is 1. The summed E-state index contributed by atoms with van der Waals surface area (Å²) in [6, 6.07) is 3.46. The summed E-state index contributed by atoms with van der Waals surface area (Å²) < 4.78 is 47.1. The van der Waals surface area contributed by atoms with E-state index in [1.165, 1.54) is 11.3 Å². The summed E-state index contributed by atoms with van der Waals surface area (Å²) in [5, 5.41) is 7.67. The average molecular weight is 337 g/mol. The zero-order valence-corrected chi connectivity index (χ0v) is 13.2. The van der Waals surface area contributed by atoms with Crippen molar-refractivity contribution in [3.05, 3.63) is 21.9 Å². The van der Waals surface area contributed by atoms with Crippen LogP contribution in [0, 0.1) is 11.8 Å². The molecule has 0 aromatic carbocycles. The third-order valence-electron chi connectivity index (χ3n) is 1.95. The number of aliphatic hydroxyl groups excluding tert-OH is 1. The molecule has 0 saturated carbocycles. The summed E-state index contributed by atoms with van der Waals surface area (Å²) in [6.07, 6.45) is 1.25. The molecule has 9 heteroatoms. The lowest BCUT2D eigenvalue weighted by Gasteiger charge is -2.03. The lowest BCUT2D eigenvalue weighted by atomic mass is 10.4.